The van der Waals surface area contributed by atoms with Crippen molar-refractivity contribution in [1.29, 1.82) is 0 Å². The number of halogens is 2. The maximum atomic E-state index is 13.7. The molecule has 0 spiro atoms. The number of benzene rings is 3. The molecule has 3 rings (SSSR count). The molecule has 0 aliphatic heterocycles. The fourth-order valence-electron chi connectivity index (χ4n) is 2.78. The Morgan fingerprint density at radius 3 is 2.37 bits per heavy atom. The average Bonchev–Trinajstić information content (AvgIpc) is 2.73. The Kier molecular flexibility index (Phi) is 6.75. The van der Waals surface area contributed by atoms with E-state index in [1.54, 1.807) is 24.3 Å². The lowest BCUT2D eigenvalue weighted by Gasteiger charge is -2.12. The molecule has 30 heavy (non-hydrogen) atoms. The summed E-state index contributed by atoms with van der Waals surface area (Å²) < 4.78 is 26.6. The Morgan fingerprint density at radius 1 is 0.900 bits per heavy atom. The Bertz CT molecular complexity index is 1050. The van der Waals surface area contributed by atoms with E-state index in [0.717, 1.165) is 23.3 Å². The first-order valence-electron chi connectivity index (χ1n) is 9.34. The predicted molar refractivity (Wildman–Crippen MR) is 112 cm³/mol. The van der Waals surface area contributed by atoms with Crippen molar-refractivity contribution in [3.8, 4) is 0 Å². The highest BCUT2D eigenvalue weighted by atomic mass is 19.1. The largest absolute Gasteiger partial charge is 0.374 e. The van der Waals surface area contributed by atoms with Gasteiger partial charge in [0, 0.05) is 12.6 Å². The number of carbonyl (C=O) groups is 2. The van der Waals surface area contributed by atoms with E-state index in [0.29, 0.717) is 17.8 Å². The zero-order valence-corrected chi connectivity index (χ0v) is 16.3. The van der Waals surface area contributed by atoms with Gasteiger partial charge in [-0.2, -0.15) is 0 Å². The number of hydrogen-bond donors (Lipinski definition) is 3. The summed E-state index contributed by atoms with van der Waals surface area (Å²) in [7, 11) is 0. The van der Waals surface area contributed by atoms with Crippen molar-refractivity contribution in [1.82, 2.24) is 5.32 Å². The molecule has 0 aromatic heterocycles. The van der Waals surface area contributed by atoms with Gasteiger partial charge in [-0.25, -0.2) is 8.78 Å². The number of anilines is 2. The molecule has 7 heteroatoms. The van der Waals surface area contributed by atoms with Crippen LogP contribution in [0.5, 0.6) is 0 Å². The highest BCUT2D eigenvalue weighted by Gasteiger charge is 2.13. The molecular formula is C23H21F2N3O2. The molecule has 0 saturated heterocycles. The van der Waals surface area contributed by atoms with E-state index in [9.17, 15) is 18.4 Å². The van der Waals surface area contributed by atoms with Crippen LogP contribution in [0.15, 0.2) is 66.7 Å². The fraction of sp³-hybridized carbons (Fsp3) is 0.130. The number of aryl methyl sites for hydroxylation is 1. The lowest BCUT2D eigenvalue weighted by atomic mass is 10.1. The van der Waals surface area contributed by atoms with Crippen molar-refractivity contribution in [3.05, 3.63) is 95.1 Å². The van der Waals surface area contributed by atoms with Gasteiger partial charge in [-0.05, 0) is 36.8 Å². The summed E-state index contributed by atoms with van der Waals surface area (Å²) in [5.41, 5.74) is 2.75. The number of nitrogens with one attached hydrogen (secondary N) is 3. The molecule has 0 aliphatic rings. The standard InChI is InChI=1S/C23H21F2N3O2/c1-15-6-8-16(9-7-15)13-27-23(30)18-4-2-3-5-20(18)28-22(29)14-26-21-11-10-17(24)12-19(21)25/h2-12,26H,13-14H2,1H3,(H,27,30)(H,28,29). The van der Waals surface area contributed by atoms with Crippen LogP contribution in [0.4, 0.5) is 20.2 Å². The molecular weight excluding hydrogens is 388 g/mol. The molecule has 0 fully saturated rings. The van der Waals surface area contributed by atoms with Crippen molar-refractivity contribution in [3.63, 3.8) is 0 Å². The van der Waals surface area contributed by atoms with Crippen LogP contribution in [0, 0.1) is 18.6 Å². The molecule has 3 aromatic carbocycles. The molecule has 0 radical (unpaired) electrons. The summed E-state index contributed by atoms with van der Waals surface area (Å²) in [5.74, 6) is -2.30. The van der Waals surface area contributed by atoms with E-state index in [2.05, 4.69) is 16.0 Å². The van der Waals surface area contributed by atoms with Gasteiger partial charge in [0.15, 0.2) is 0 Å². The Labute approximate surface area is 173 Å². The monoisotopic (exact) mass is 409 g/mol. The second-order valence-corrected chi connectivity index (χ2v) is 6.74. The van der Waals surface area contributed by atoms with Gasteiger partial charge < -0.3 is 16.0 Å². The van der Waals surface area contributed by atoms with Gasteiger partial charge in [0.05, 0.1) is 23.5 Å². The molecule has 0 saturated carbocycles. The zero-order valence-electron chi connectivity index (χ0n) is 16.3. The molecule has 0 bridgehead atoms. The number of hydrogen-bond acceptors (Lipinski definition) is 3. The maximum Gasteiger partial charge on any atom is 0.253 e. The van der Waals surface area contributed by atoms with Crippen LogP contribution in [0.3, 0.4) is 0 Å². The quantitative estimate of drug-likeness (QED) is 0.546. The normalized spacial score (nSPS) is 10.4. The predicted octanol–water partition coefficient (Wildman–Crippen LogP) is 4.25. The number of carbonyl (C=O) groups excluding carboxylic acids is 2. The summed E-state index contributed by atoms with van der Waals surface area (Å²) in [6.45, 7) is 2.09. The highest BCUT2D eigenvalue weighted by Crippen LogP contribution is 2.17. The van der Waals surface area contributed by atoms with Crippen LogP contribution in [0.25, 0.3) is 0 Å². The molecule has 0 heterocycles. The van der Waals surface area contributed by atoms with E-state index >= 15 is 0 Å². The summed E-state index contributed by atoms with van der Waals surface area (Å²) >= 11 is 0. The molecule has 0 unspecified atom stereocenters. The smallest absolute Gasteiger partial charge is 0.253 e. The van der Waals surface area contributed by atoms with Gasteiger partial charge in [0.1, 0.15) is 11.6 Å². The van der Waals surface area contributed by atoms with Gasteiger partial charge in [0.25, 0.3) is 5.91 Å². The summed E-state index contributed by atoms with van der Waals surface area (Å²) in [4.78, 5) is 24.8. The first kappa shape index (κ1) is 21.0. The average molecular weight is 409 g/mol. The van der Waals surface area contributed by atoms with Crippen LogP contribution < -0.4 is 16.0 Å². The van der Waals surface area contributed by atoms with Gasteiger partial charge >= 0.3 is 0 Å². The first-order valence-corrected chi connectivity index (χ1v) is 9.34. The van der Waals surface area contributed by atoms with E-state index in [4.69, 9.17) is 0 Å². The van der Waals surface area contributed by atoms with Gasteiger partial charge in [-0.15, -0.1) is 0 Å². The van der Waals surface area contributed by atoms with Crippen LogP contribution in [-0.2, 0) is 11.3 Å². The molecule has 2 amide bonds. The van der Waals surface area contributed by atoms with Crippen molar-refractivity contribution < 1.29 is 18.4 Å². The SMILES string of the molecule is Cc1ccc(CNC(=O)c2ccccc2NC(=O)CNc2ccc(F)cc2F)cc1. The third-order valence-electron chi connectivity index (χ3n) is 4.39. The van der Waals surface area contributed by atoms with Crippen LogP contribution >= 0.6 is 0 Å². The number of amides is 2. The summed E-state index contributed by atoms with van der Waals surface area (Å²) in [5, 5.41) is 8.07. The minimum atomic E-state index is -0.793. The fourth-order valence-corrected chi connectivity index (χ4v) is 2.78. The van der Waals surface area contributed by atoms with Crippen LogP contribution in [-0.4, -0.2) is 18.4 Å². The van der Waals surface area contributed by atoms with Crippen molar-refractivity contribution >= 4 is 23.2 Å². The third kappa shape index (κ3) is 5.64. The van der Waals surface area contributed by atoms with E-state index in [1.807, 2.05) is 31.2 Å². The van der Waals surface area contributed by atoms with Crippen molar-refractivity contribution in [2.75, 3.05) is 17.2 Å². The second-order valence-electron chi connectivity index (χ2n) is 6.74. The third-order valence-corrected chi connectivity index (χ3v) is 4.39. The molecule has 3 N–H and O–H groups in total. The number of para-hydroxylation sites is 1. The summed E-state index contributed by atoms with van der Waals surface area (Å²) in [6.07, 6.45) is 0. The van der Waals surface area contributed by atoms with E-state index in [1.165, 1.54) is 6.07 Å². The van der Waals surface area contributed by atoms with E-state index < -0.39 is 17.5 Å². The lowest BCUT2D eigenvalue weighted by molar-refractivity contribution is -0.114. The van der Waals surface area contributed by atoms with Crippen LogP contribution in [0.1, 0.15) is 21.5 Å². The van der Waals surface area contributed by atoms with Gasteiger partial charge in [0.2, 0.25) is 5.91 Å². The molecule has 0 atom stereocenters. The van der Waals surface area contributed by atoms with Crippen molar-refractivity contribution in [2.45, 2.75) is 13.5 Å². The van der Waals surface area contributed by atoms with Crippen molar-refractivity contribution in [2.24, 2.45) is 0 Å². The van der Waals surface area contributed by atoms with Gasteiger partial charge in [-0.3, -0.25) is 9.59 Å². The molecule has 0 aliphatic carbocycles. The Hall–Kier alpha value is -3.74. The number of rotatable bonds is 7. The zero-order chi connectivity index (χ0) is 21.5. The molecule has 5 nitrogen and oxygen atoms in total. The summed E-state index contributed by atoms with van der Waals surface area (Å²) in [6, 6.07) is 17.4. The minimum absolute atomic E-state index is 0.00989. The van der Waals surface area contributed by atoms with Crippen LogP contribution in [0.2, 0.25) is 0 Å². The Balaban J connectivity index is 1.60. The lowest BCUT2D eigenvalue weighted by Crippen LogP contribution is -2.27. The minimum Gasteiger partial charge on any atom is -0.374 e. The molecule has 154 valence electrons. The second kappa shape index (κ2) is 9.65. The highest BCUT2D eigenvalue weighted by molar-refractivity contribution is 6.04. The topological polar surface area (TPSA) is 70.2 Å². The Morgan fingerprint density at radius 2 is 1.63 bits per heavy atom. The van der Waals surface area contributed by atoms with E-state index in [-0.39, 0.29) is 18.1 Å². The van der Waals surface area contributed by atoms with Gasteiger partial charge in [-0.1, -0.05) is 42.0 Å². The first-order chi connectivity index (χ1) is 14.4. The molecule has 3 aromatic rings. The maximum absolute atomic E-state index is 13.7.